The first-order valence-electron chi connectivity index (χ1n) is 9.23. The van der Waals surface area contributed by atoms with Crippen molar-refractivity contribution in [2.75, 3.05) is 0 Å². The van der Waals surface area contributed by atoms with Crippen molar-refractivity contribution in [1.29, 1.82) is 0 Å². The summed E-state index contributed by atoms with van der Waals surface area (Å²) in [5, 5.41) is 1.76. The first-order chi connectivity index (χ1) is 14.9. The van der Waals surface area contributed by atoms with Gasteiger partial charge in [-0.15, -0.1) is 0 Å². The summed E-state index contributed by atoms with van der Waals surface area (Å²) in [6.45, 7) is 8.34. The minimum atomic E-state index is -0.653. The Kier molecular flexibility index (Phi) is 6.62. The molecule has 3 rings (SSSR count). The lowest BCUT2D eigenvalue weighted by Gasteiger charge is -2.09. The summed E-state index contributed by atoms with van der Waals surface area (Å²) in [5.74, 6) is -1.05. The monoisotopic (exact) mass is 418 g/mol. The van der Waals surface area contributed by atoms with Crippen LogP contribution in [0.25, 0.3) is 21.9 Å². The SMILES string of the molecule is C=CC(=O)Oc1ccc(-c2ccc3cc(OC=COC(=O)C(=C)C)ccc3c2)c(F)c1. The third kappa shape index (κ3) is 5.45. The average Bonchev–Trinajstić information content (AvgIpc) is 2.76. The number of rotatable bonds is 7. The van der Waals surface area contributed by atoms with Crippen LogP contribution in [0.1, 0.15) is 6.92 Å². The fourth-order valence-corrected chi connectivity index (χ4v) is 2.71. The maximum Gasteiger partial charge on any atom is 0.338 e. The second-order valence-corrected chi connectivity index (χ2v) is 6.57. The summed E-state index contributed by atoms with van der Waals surface area (Å²) >= 11 is 0. The summed E-state index contributed by atoms with van der Waals surface area (Å²) in [6.07, 6.45) is 3.41. The van der Waals surface area contributed by atoms with Gasteiger partial charge < -0.3 is 14.2 Å². The molecule has 3 aromatic rings. The van der Waals surface area contributed by atoms with Gasteiger partial charge in [0.15, 0.2) is 0 Å². The quantitative estimate of drug-likeness (QED) is 0.213. The van der Waals surface area contributed by atoms with Crippen molar-refractivity contribution in [1.82, 2.24) is 0 Å². The van der Waals surface area contributed by atoms with E-state index in [2.05, 4.69) is 13.2 Å². The molecule has 0 saturated heterocycles. The van der Waals surface area contributed by atoms with E-state index in [4.69, 9.17) is 14.2 Å². The molecule has 0 unspecified atom stereocenters. The van der Waals surface area contributed by atoms with Crippen LogP contribution in [0.3, 0.4) is 0 Å². The molecular formula is C25H19FO5. The topological polar surface area (TPSA) is 61.8 Å². The molecular weight excluding hydrogens is 399 g/mol. The van der Waals surface area contributed by atoms with Gasteiger partial charge in [-0.25, -0.2) is 14.0 Å². The van der Waals surface area contributed by atoms with Crippen LogP contribution in [0, 0.1) is 5.82 Å². The van der Waals surface area contributed by atoms with Crippen LogP contribution in [0.2, 0.25) is 0 Å². The molecule has 0 N–H and O–H groups in total. The summed E-state index contributed by atoms with van der Waals surface area (Å²) in [7, 11) is 0. The number of hydrogen-bond acceptors (Lipinski definition) is 5. The Labute approximate surface area is 178 Å². The Hall–Kier alpha value is -4.19. The molecule has 0 aliphatic carbocycles. The molecule has 0 aliphatic rings. The van der Waals surface area contributed by atoms with E-state index in [1.54, 1.807) is 31.2 Å². The zero-order chi connectivity index (χ0) is 22.4. The molecule has 31 heavy (non-hydrogen) atoms. The fourth-order valence-electron chi connectivity index (χ4n) is 2.71. The summed E-state index contributed by atoms with van der Waals surface area (Å²) in [5.41, 5.74) is 1.34. The van der Waals surface area contributed by atoms with E-state index in [9.17, 15) is 14.0 Å². The molecule has 0 bridgehead atoms. The lowest BCUT2D eigenvalue weighted by molar-refractivity contribution is -0.133. The Morgan fingerprint density at radius 2 is 1.65 bits per heavy atom. The van der Waals surface area contributed by atoms with Gasteiger partial charge in [-0.2, -0.15) is 0 Å². The van der Waals surface area contributed by atoms with Crippen molar-refractivity contribution in [3.63, 3.8) is 0 Å². The Bertz CT molecular complexity index is 1210. The molecule has 0 amide bonds. The Morgan fingerprint density at radius 3 is 2.35 bits per heavy atom. The maximum absolute atomic E-state index is 14.5. The van der Waals surface area contributed by atoms with Crippen LogP contribution in [0.4, 0.5) is 4.39 Å². The Morgan fingerprint density at radius 1 is 0.935 bits per heavy atom. The molecule has 0 aromatic heterocycles. The van der Waals surface area contributed by atoms with Crippen LogP contribution < -0.4 is 9.47 Å². The predicted molar refractivity (Wildman–Crippen MR) is 116 cm³/mol. The van der Waals surface area contributed by atoms with E-state index in [1.165, 1.54) is 12.3 Å². The first kappa shape index (κ1) is 21.5. The van der Waals surface area contributed by atoms with Gasteiger partial charge >= 0.3 is 11.9 Å². The van der Waals surface area contributed by atoms with Crippen LogP contribution >= 0.6 is 0 Å². The lowest BCUT2D eigenvalue weighted by Crippen LogP contribution is -2.03. The van der Waals surface area contributed by atoms with Gasteiger partial charge in [0.05, 0.1) is 0 Å². The molecule has 0 spiro atoms. The number of ether oxygens (including phenoxy) is 3. The minimum absolute atomic E-state index is 0.107. The first-order valence-corrected chi connectivity index (χ1v) is 9.23. The van der Waals surface area contributed by atoms with Gasteiger partial charge in [0.1, 0.15) is 29.8 Å². The number of halogens is 1. The van der Waals surface area contributed by atoms with Crippen molar-refractivity contribution in [3.05, 3.63) is 97.7 Å². The van der Waals surface area contributed by atoms with Crippen molar-refractivity contribution in [2.45, 2.75) is 6.92 Å². The molecule has 0 fully saturated rings. The maximum atomic E-state index is 14.5. The van der Waals surface area contributed by atoms with Crippen LogP contribution in [0.15, 0.2) is 91.9 Å². The van der Waals surface area contributed by atoms with Gasteiger partial charge in [-0.05, 0) is 53.6 Å². The van der Waals surface area contributed by atoms with E-state index in [0.29, 0.717) is 16.9 Å². The third-order valence-corrected chi connectivity index (χ3v) is 4.23. The highest BCUT2D eigenvalue weighted by Crippen LogP contribution is 2.30. The number of fused-ring (bicyclic) bond motifs is 1. The van der Waals surface area contributed by atoms with Gasteiger partial charge in [0, 0.05) is 23.3 Å². The zero-order valence-electron chi connectivity index (χ0n) is 16.8. The van der Waals surface area contributed by atoms with Crippen molar-refractivity contribution >= 4 is 22.7 Å². The normalized spacial score (nSPS) is 10.6. The van der Waals surface area contributed by atoms with Gasteiger partial charge in [-0.3, -0.25) is 0 Å². The van der Waals surface area contributed by atoms with E-state index in [-0.39, 0.29) is 11.3 Å². The highest BCUT2D eigenvalue weighted by molar-refractivity contribution is 5.89. The van der Waals surface area contributed by atoms with Crippen molar-refractivity contribution < 1.29 is 28.2 Å². The molecule has 0 atom stereocenters. The summed E-state index contributed by atoms with van der Waals surface area (Å²) in [4.78, 5) is 22.6. The van der Waals surface area contributed by atoms with Crippen LogP contribution in [0.5, 0.6) is 11.5 Å². The van der Waals surface area contributed by atoms with E-state index < -0.39 is 17.8 Å². The second-order valence-electron chi connectivity index (χ2n) is 6.57. The highest BCUT2D eigenvalue weighted by atomic mass is 19.1. The molecule has 0 saturated carbocycles. The second kappa shape index (κ2) is 9.54. The number of benzene rings is 3. The minimum Gasteiger partial charge on any atom is -0.462 e. The molecule has 0 aliphatic heterocycles. The molecule has 0 radical (unpaired) electrons. The van der Waals surface area contributed by atoms with E-state index >= 15 is 0 Å². The molecule has 6 heteroatoms. The summed E-state index contributed by atoms with van der Waals surface area (Å²) in [6, 6.07) is 15.1. The highest BCUT2D eigenvalue weighted by Gasteiger charge is 2.09. The van der Waals surface area contributed by atoms with Gasteiger partial charge in [-0.1, -0.05) is 31.4 Å². The number of esters is 2. The van der Waals surface area contributed by atoms with Gasteiger partial charge in [0.25, 0.3) is 0 Å². The lowest BCUT2D eigenvalue weighted by atomic mass is 10.0. The van der Waals surface area contributed by atoms with Crippen molar-refractivity contribution in [2.24, 2.45) is 0 Å². The number of hydrogen-bond donors (Lipinski definition) is 0. The summed E-state index contributed by atoms with van der Waals surface area (Å²) < 4.78 is 29.7. The Balaban J connectivity index is 1.76. The van der Waals surface area contributed by atoms with E-state index in [1.807, 2.05) is 18.2 Å². The number of carbonyl (C=O) groups is 2. The molecule has 3 aromatic carbocycles. The van der Waals surface area contributed by atoms with E-state index in [0.717, 1.165) is 29.2 Å². The zero-order valence-corrected chi connectivity index (χ0v) is 16.8. The molecule has 156 valence electrons. The van der Waals surface area contributed by atoms with Crippen molar-refractivity contribution in [3.8, 4) is 22.6 Å². The standard InChI is InChI=1S/C25H19FO5/c1-4-24(27)31-21-9-10-22(23(26)15-21)19-6-5-18-14-20(8-7-17(18)13-19)29-11-12-30-25(28)16(2)3/h4-15H,1-2H2,3H3. The van der Waals surface area contributed by atoms with Crippen LogP contribution in [-0.4, -0.2) is 11.9 Å². The molecule has 5 nitrogen and oxygen atoms in total. The fraction of sp³-hybridized carbons (Fsp3) is 0.0400. The third-order valence-electron chi connectivity index (χ3n) is 4.23. The molecule has 0 heterocycles. The van der Waals surface area contributed by atoms with Gasteiger partial charge in [0.2, 0.25) is 0 Å². The number of carbonyl (C=O) groups excluding carboxylic acids is 2. The predicted octanol–water partition coefficient (Wildman–Crippen LogP) is 5.71. The largest absolute Gasteiger partial charge is 0.462 e. The smallest absolute Gasteiger partial charge is 0.338 e. The average molecular weight is 418 g/mol. The van der Waals surface area contributed by atoms with Crippen LogP contribution in [-0.2, 0) is 14.3 Å².